The quantitative estimate of drug-likeness (QED) is 0.433. The lowest BCUT2D eigenvalue weighted by Gasteiger charge is -2.32. The number of para-hydroxylation sites is 2. The summed E-state index contributed by atoms with van der Waals surface area (Å²) in [6.45, 7) is 3.43. The maximum absolute atomic E-state index is 13.6. The first kappa shape index (κ1) is 21.5. The molecule has 0 N–H and O–H groups in total. The molecule has 8 heteroatoms. The molecule has 0 aliphatic carbocycles. The Morgan fingerprint density at radius 1 is 0.743 bits per heavy atom. The highest BCUT2D eigenvalue weighted by molar-refractivity contribution is 6.50. The molecule has 2 amide bonds. The van der Waals surface area contributed by atoms with Crippen molar-refractivity contribution in [3.8, 4) is 0 Å². The first-order chi connectivity index (χ1) is 16.9. The fraction of sp³-hybridized carbons (Fsp3) is 0.259. The minimum absolute atomic E-state index is 0.315. The highest BCUT2D eigenvalue weighted by Crippen LogP contribution is 2.40. The maximum atomic E-state index is 13.6. The lowest BCUT2D eigenvalue weighted by Crippen LogP contribution is -2.45. The number of carbonyl (C=O) groups excluding carboxylic acids is 2. The van der Waals surface area contributed by atoms with Gasteiger partial charge in [0.05, 0.1) is 22.4 Å². The molecule has 2 aromatic carbocycles. The van der Waals surface area contributed by atoms with E-state index in [-0.39, 0.29) is 11.8 Å². The van der Waals surface area contributed by atoms with Gasteiger partial charge in [0.25, 0.3) is 11.8 Å². The Kier molecular flexibility index (Phi) is 4.93. The van der Waals surface area contributed by atoms with Crippen LogP contribution in [0.5, 0.6) is 0 Å². The number of aromatic nitrogens is 3. The van der Waals surface area contributed by atoms with Gasteiger partial charge in [-0.2, -0.15) is 0 Å². The number of anilines is 1. The lowest BCUT2D eigenvalue weighted by molar-refractivity contribution is -0.134. The zero-order chi connectivity index (χ0) is 24.3. The third kappa shape index (κ3) is 3.32. The van der Waals surface area contributed by atoms with E-state index in [0.717, 1.165) is 53.5 Å². The third-order valence-corrected chi connectivity index (χ3v) is 7.07. The number of imide groups is 1. The summed E-state index contributed by atoms with van der Waals surface area (Å²) in [5.74, 6) is -0.0670. The number of fused-ring (bicyclic) bond motifs is 2. The van der Waals surface area contributed by atoms with Crippen LogP contribution in [0.4, 0.5) is 5.95 Å². The van der Waals surface area contributed by atoms with Crippen molar-refractivity contribution in [3.05, 3.63) is 66.0 Å². The molecule has 176 valence electrons. The minimum Gasteiger partial charge on any atom is -0.350 e. The third-order valence-electron chi connectivity index (χ3n) is 7.07. The van der Waals surface area contributed by atoms with Crippen LogP contribution < -0.4 is 4.90 Å². The second-order valence-electron chi connectivity index (χ2n) is 9.27. The van der Waals surface area contributed by atoms with Gasteiger partial charge in [0.2, 0.25) is 5.95 Å². The van der Waals surface area contributed by atoms with Crippen molar-refractivity contribution in [2.45, 2.75) is 0 Å². The van der Waals surface area contributed by atoms with Gasteiger partial charge in [-0.25, -0.2) is 9.97 Å². The molecule has 0 radical (unpaired) electrons. The van der Waals surface area contributed by atoms with Crippen LogP contribution in [-0.2, 0) is 16.6 Å². The molecule has 0 bridgehead atoms. The van der Waals surface area contributed by atoms with E-state index < -0.39 is 0 Å². The molecule has 0 unspecified atom stereocenters. The Bertz CT molecular complexity index is 1540. The molecule has 2 aliphatic heterocycles. The van der Waals surface area contributed by atoms with E-state index in [0.29, 0.717) is 22.8 Å². The van der Waals surface area contributed by atoms with Crippen molar-refractivity contribution in [1.29, 1.82) is 0 Å². The summed E-state index contributed by atoms with van der Waals surface area (Å²) in [5.41, 5.74) is 3.73. The number of amides is 2. The van der Waals surface area contributed by atoms with Crippen molar-refractivity contribution < 1.29 is 9.59 Å². The molecule has 0 saturated carbocycles. The minimum atomic E-state index is -0.342. The van der Waals surface area contributed by atoms with Crippen LogP contribution in [0.1, 0.15) is 11.3 Å². The Labute approximate surface area is 203 Å². The number of rotatable bonds is 3. The predicted molar refractivity (Wildman–Crippen MR) is 137 cm³/mol. The Balaban J connectivity index is 1.63. The van der Waals surface area contributed by atoms with E-state index in [2.05, 4.69) is 16.8 Å². The number of hydrogen-bond donors (Lipinski definition) is 0. The van der Waals surface area contributed by atoms with Crippen molar-refractivity contribution in [3.63, 3.8) is 0 Å². The molecular weight excluding hydrogens is 440 g/mol. The molecule has 1 fully saturated rings. The van der Waals surface area contributed by atoms with Crippen LogP contribution in [0.2, 0.25) is 0 Å². The SMILES string of the molecule is CN1CCN(c2nc(C3=C(c4cn(C)c5ccccc45)C(=O)N(C)C3=O)c3ccccc3n2)CC1. The molecule has 0 atom stereocenters. The summed E-state index contributed by atoms with van der Waals surface area (Å²) in [4.78, 5) is 42.5. The summed E-state index contributed by atoms with van der Waals surface area (Å²) in [6, 6.07) is 15.6. The molecule has 35 heavy (non-hydrogen) atoms. The monoisotopic (exact) mass is 466 g/mol. The number of nitrogens with zero attached hydrogens (tertiary/aromatic N) is 6. The summed E-state index contributed by atoms with van der Waals surface area (Å²) < 4.78 is 1.99. The van der Waals surface area contributed by atoms with Gasteiger partial charge in [0.1, 0.15) is 0 Å². The first-order valence-corrected chi connectivity index (χ1v) is 11.8. The fourth-order valence-electron chi connectivity index (χ4n) is 5.05. The average Bonchev–Trinajstić information content (AvgIpc) is 3.32. The van der Waals surface area contributed by atoms with Gasteiger partial charge in [-0.3, -0.25) is 14.5 Å². The van der Waals surface area contributed by atoms with E-state index in [1.807, 2.05) is 66.3 Å². The van der Waals surface area contributed by atoms with Crippen LogP contribution in [0.25, 0.3) is 33.0 Å². The molecular formula is C27H26N6O2. The maximum Gasteiger partial charge on any atom is 0.263 e. The highest BCUT2D eigenvalue weighted by atomic mass is 16.2. The Morgan fingerprint density at radius 2 is 1.40 bits per heavy atom. The number of benzene rings is 2. The standard InChI is InChI=1S/C27H26N6O2/c1-30-12-14-33(15-13-30)27-28-20-10-6-4-9-18(20)24(29-27)23-22(25(34)32(3)26(23)35)19-16-31(2)21-11-7-5-8-17(19)21/h4-11,16H,12-15H2,1-3H3. The summed E-state index contributed by atoms with van der Waals surface area (Å²) in [5, 5.41) is 1.69. The van der Waals surface area contributed by atoms with E-state index in [1.165, 1.54) is 11.9 Å². The molecule has 4 heterocycles. The largest absolute Gasteiger partial charge is 0.350 e. The van der Waals surface area contributed by atoms with Gasteiger partial charge >= 0.3 is 0 Å². The highest BCUT2D eigenvalue weighted by Gasteiger charge is 2.40. The number of carbonyl (C=O) groups is 2. The van der Waals surface area contributed by atoms with Crippen LogP contribution in [0.15, 0.2) is 54.7 Å². The first-order valence-electron chi connectivity index (χ1n) is 11.8. The zero-order valence-electron chi connectivity index (χ0n) is 20.0. The number of piperazine rings is 1. The van der Waals surface area contributed by atoms with Gasteiger partial charge in [-0.15, -0.1) is 0 Å². The van der Waals surface area contributed by atoms with Crippen LogP contribution in [0.3, 0.4) is 0 Å². The zero-order valence-corrected chi connectivity index (χ0v) is 20.0. The van der Waals surface area contributed by atoms with Gasteiger partial charge in [0, 0.05) is 68.3 Å². The molecule has 1 saturated heterocycles. The Morgan fingerprint density at radius 3 is 2.17 bits per heavy atom. The van der Waals surface area contributed by atoms with Crippen molar-refractivity contribution in [2.75, 3.05) is 45.2 Å². The molecule has 4 aromatic rings. The molecule has 8 nitrogen and oxygen atoms in total. The van der Waals surface area contributed by atoms with Gasteiger partial charge in [0.15, 0.2) is 0 Å². The molecule has 6 rings (SSSR count). The second-order valence-corrected chi connectivity index (χ2v) is 9.27. The van der Waals surface area contributed by atoms with Crippen molar-refractivity contribution in [1.82, 2.24) is 24.3 Å². The van der Waals surface area contributed by atoms with E-state index in [4.69, 9.17) is 9.97 Å². The van der Waals surface area contributed by atoms with Gasteiger partial charge in [-0.05, 0) is 19.2 Å². The lowest BCUT2D eigenvalue weighted by atomic mass is 9.97. The van der Waals surface area contributed by atoms with E-state index in [1.54, 1.807) is 0 Å². The van der Waals surface area contributed by atoms with E-state index in [9.17, 15) is 9.59 Å². The van der Waals surface area contributed by atoms with Crippen LogP contribution in [0, 0.1) is 0 Å². The topological polar surface area (TPSA) is 74.6 Å². The van der Waals surface area contributed by atoms with Gasteiger partial charge in [-0.1, -0.05) is 36.4 Å². The van der Waals surface area contributed by atoms with Crippen molar-refractivity contribution >= 4 is 50.7 Å². The molecule has 0 spiro atoms. The molecule has 2 aliphatic rings. The predicted octanol–water partition coefficient (Wildman–Crippen LogP) is 2.78. The number of hydrogen-bond acceptors (Lipinski definition) is 6. The summed E-state index contributed by atoms with van der Waals surface area (Å²) in [6.07, 6.45) is 1.93. The smallest absolute Gasteiger partial charge is 0.263 e. The summed E-state index contributed by atoms with van der Waals surface area (Å²) in [7, 11) is 5.58. The summed E-state index contributed by atoms with van der Waals surface area (Å²) >= 11 is 0. The number of aryl methyl sites for hydroxylation is 1. The van der Waals surface area contributed by atoms with Crippen molar-refractivity contribution in [2.24, 2.45) is 7.05 Å². The van der Waals surface area contributed by atoms with Crippen LogP contribution in [-0.4, -0.2) is 76.4 Å². The van der Waals surface area contributed by atoms with E-state index >= 15 is 0 Å². The Hall–Kier alpha value is -4.04. The normalized spacial score (nSPS) is 17.5. The fourth-order valence-corrected chi connectivity index (χ4v) is 5.05. The average molecular weight is 467 g/mol. The number of likely N-dealkylation sites (N-methyl/N-ethyl adjacent to an activating group) is 2. The second kappa shape index (κ2) is 8.02. The van der Waals surface area contributed by atoms with Crippen LogP contribution >= 0.6 is 0 Å². The molecule has 2 aromatic heterocycles. The van der Waals surface area contributed by atoms with Gasteiger partial charge < -0.3 is 14.4 Å².